The molecule has 3 aromatic carbocycles. The highest BCUT2D eigenvalue weighted by molar-refractivity contribution is 5.80. The van der Waals surface area contributed by atoms with Crippen LogP contribution in [-0.2, 0) is 29.1 Å². The molecule has 1 saturated heterocycles. The number of nitrogens with zero attached hydrogens (tertiary/aromatic N) is 1. The van der Waals surface area contributed by atoms with E-state index in [4.69, 9.17) is 9.47 Å². The van der Waals surface area contributed by atoms with Crippen LogP contribution in [0.2, 0.25) is 0 Å². The van der Waals surface area contributed by atoms with Crippen LogP contribution in [-0.4, -0.2) is 34.9 Å². The number of carbonyl (C=O) groups is 1. The molecule has 1 unspecified atom stereocenters. The number of benzene rings is 3. The number of aliphatic hydroxyl groups is 1. The smallest absolute Gasteiger partial charge is 0.228 e. The van der Waals surface area contributed by atoms with Gasteiger partial charge in [-0.1, -0.05) is 72.8 Å². The van der Waals surface area contributed by atoms with Crippen molar-refractivity contribution in [3.05, 3.63) is 102 Å². The molecule has 0 bridgehead atoms. The minimum absolute atomic E-state index is 0.118. The number of amides is 1. The maximum atomic E-state index is 13.0. The van der Waals surface area contributed by atoms with E-state index in [1.54, 1.807) is 12.0 Å². The molecule has 1 amide bonds. The Labute approximate surface area is 182 Å². The first-order chi connectivity index (χ1) is 15.1. The molecule has 0 aliphatic carbocycles. The number of methoxy groups -OCH3 is 1. The van der Waals surface area contributed by atoms with Crippen LogP contribution in [0.4, 0.5) is 0 Å². The predicted octanol–water partition coefficient (Wildman–Crippen LogP) is 3.94. The third-order valence-corrected chi connectivity index (χ3v) is 5.75. The van der Waals surface area contributed by atoms with Gasteiger partial charge in [0.05, 0.1) is 20.1 Å². The fraction of sp³-hybridized carbons (Fsp3) is 0.269. The summed E-state index contributed by atoms with van der Waals surface area (Å²) in [5.41, 5.74) is 1.44. The SMILES string of the molecule is COc1ccc(CN2C(=O)C[C@H](OCc3ccccc3)C2(O)Cc2ccccc2)cc1. The first-order valence-corrected chi connectivity index (χ1v) is 10.4. The Hall–Kier alpha value is -3.15. The number of hydrogen-bond acceptors (Lipinski definition) is 4. The fourth-order valence-electron chi connectivity index (χ4n) is 4.03. The third-order valence-electron chi connectivity index (χ3n) is 5.75. The number of hydrogen-bond donors (Lipinski definition) is 1. The average molecular weight is 418 g/mol. The van der Waals surface area contributed by atoms with E-state index in [2.05, 4.69) is 0 Å². The van der Waals surface area contributed by atoms with Gasteiger partial charge >= 0.3 is 0 Å². The van der Waals surface area contributed by atoms with Gasteiger partial charge < -0.3 is 19.5 Å². The van der Waals surface area contributed by atoms with Crippen LogP contribution in [0.3, 0.4) is 0 Å². The van der Waals surface area contributed by atoms with E-state index >= 15 is 0 Å². The fourth-order valence-corrected chi connectivity index (χ4v) is 4.03. The molecule has 0 radical (unpaired) electrons. The van der Waals surface area contributed by atoms with Crippen LogP contribution in [0.5, 0.6) is 5.75 Å². The molecule has 0 spiro atoms. The van der Waals surface area contributed by atoms with Crippen molar-refractivity contribution in [1.82, 2.24) is 4.90 Å². The highest BCUT2D eigenvalue weighted by Crippen LogP contribution is 2.36. The van der Waals surface area contributed by atoms with E-state index in [1.165, 1.54) is 0 Å². The number of rotatable bonds is 8. The molecule has 4 rings (SSSR count). The topological polar surface area (TPSA) is 59.0 Å². The van der Waals surface area contributed by atoms with Crippen LogP contribution in [0.15, 0.2) is 84.9 Å². The zero-order valence-corrected chi connectivity index (χ0v) is 17.6. The highest BCUT2D eigenvalue weighted by Gasteiger charge is 2.52. The van der Waals surface area contributed by atoms with E-state index in [0.29, 0.717) is 19.6 Å². The summed E-state index contributed by atoms with van der Waals surface area (Å²) in [7, 11) is 1.62. The van der Waals surface area contributed by atoms with Crippen molar-refractivity contribution >= 4 is 5.91 Å². The lowest BCUT2D eigenvalue weighted by Crippen LogP contribution is -2.53. The normalized spacial score (nSPS) is 20.8. The molecule has 1 aliphatic heterocycles. The summed E-state index contributed by atoms with van der Waals surface area (Å²) in [6, 6.07) is 27.1. The van der Waals surface area contributed by atoms with Crippen LogP contribution in [0.1, 0.15) is 23.1 Å². The van der Waals surface area contributed by atoms with E-state index < -0.39 is 11.8 Å². The minimum atomic E-state index is -1.44. The maximum Gasteiger partial charge on any atom is 0.228 e. The number of ether oxygens (including phenoxy) is 2. The average Bonchev–Trinajstić information content (AvgIpc) is 3.03. The highest BCUT2D eigenvalue weighted by atomic mass is 16.5. The van der Waals surface area contributed by atoms with Gasteiger partial charge in [-0.25, -0.2) is 0 Å². The molecule has 3 aromatic rings. The lowest BCUT2D eigenvalue weighted by atomic mass is 9.97. The molecule has 5 nitrogen and oxygen atoms in total. The van der Waals surface area contributed by atoms with Crippen LogP contribution < -0.4 is 4.74 Å². The van der Waals surface area contributed by atoms with Crippen molar-refractivity contribution in [2.45, 2.75) is 37.8 Å². The summed E-state index contributed by atoms with van der Waals surface area (Å²) < 4.78 is 11.3. The summed E-state index contributed by atoms with van der Waals surface area (Å²) in [6.07, 6.45) is -0.180. The quantitative estimate of drug-likeness (QED) is 0.603. The summed E-state index contributed by atoms with van der Waals surface area (Å²) in [5, 5.41) is 11.8. The Bertz CT molecular complexity index is 991. The van der Waals surface area contributed by atoms with Gasteiger partial charge in [0.15, 0.2) is 5.72 Å². The summed E-state index contributed by atoms with van der Waals surface area (Å²) >= 11 is 0. The zero-order valence-electron chi connectivity index (χ0n) is 17.6. The second-order valence-corrected chi connectivity index (χ2v) is 7.86. The van der Waals surface area contributed by atoms with E-state index in [1.807, 2.05) is 84.9 Å². The van der Waals surface area contributed by atoms with Crippen LogP contribution in [0, 0.1) is 0 Å². The van der Waals surface area contributed by atoms with Gasteiger partial charge in [-0.05, 0) is 28.8 Å². The Kier molecular flexibility index (Phi) is 6.35. The van der Waals surface area contributed by atoms with Gasteiger partial charge in [-0.2, -0.15) is 0 Å². The molecule has 1 heterocycles. The molecule has 5 heteroatoms. The van der Waals surface area contributed by atoms with Crippen LogP contribution in [0.25, 0.3) is 0 Å². The van der Waals surface area contributed by atoms with Crippen molar-refractivity contribution in [3.63, 3.8) is 0 Å². The van der Waals surface area contributed by atoms with Gasteiger partial charge in [-0.15, -0.1) is 0 Å². The molecule has 1 N–H and O–H groups in total. The van der Waals surface area contributed by atoms with Gasteiger partial charge in [0, 0.05) is 13.0 Å². The molecule has 1 aliphatic rings. The minimum Gasteiger partial charge on any atom is -0.497 e. The first kappa shape index (κ1) is 21.1. The Morgan fingerprint density at radius 1 is 0.903 bits per heavy atom. The summed E-state index contributed by atoms with van der Waals surface area (Å²) in [4.78, 5) is 14.5. The monoisotopic (exact) mass is 417 g/mol. The van der Waals surface area contributed by atoms with E-state index in [9.17, 15) is 9.90 Å². The van der Waals surface area contributed by atoms with Crippen molar-refractivity contribution in [1.29, 1.82) is 0 Å². The molecule has 1 fully saturated rings. The second-order valence-electron chi connectivity index (χ2n) is 7.86. The molecule has 2 atom stereocenters. The van der Waals surface area contributed by atoms with Gasteiger partial charge in [0.2, 0.25) is 5.91 Å². The number of carbonyl (C=O) groups excluding carboxylic acids is 1. The maximum absolute atomic E-state index is 13.0. The second kappa shape index (κ2) is 9.33. The zero-order chi connectivity index (χ0) is 21.7. The molecule has 0 saturated carbocycles. The molecular weight excluding hydrogens is 390 g/mol. The van der Waals surface area contributed by atoms with Crippen molar-refractivity contribution in [2.24, 2.45) is 0 Å². The number of likely N-dealkylation sites (tertiary alicyclic amines) is 1. The Morgan fingerprint density at radius 2 is 1.52 bits per heavy atom. The predicted molar refractivity (Wildman–Crippen MR) is 118 cm³/mol. The van der Waals surface area contributed by atoms with Crippen molar-refractivity contribution in [3.8, 4) is 5.75 Å². The third kappa shape index (κ3) is 4.79. The lowest BCUT2D eigenvalue weighted by molar-refractivity contribution is -0.173. The standard InChI is InChI=1S/C26H27NO4/c1-30-23-14-12-21(13-15-23)18-27-25(28)16-24(31-19-22-10-6-3-7-11-22)26(27,29)17-20-8-4-2-5-9-20/h2-15,24,29H,16-19H2,1H3/t24-,26?/m0/s1. The van der Waals surface area contributed by atoms with E-state index in [-0.39, 0.29) is 12.3 Å². The summed E-state index contributed by atoms with van der Waals surface area (Å²) in [6.45, 7) is 0.642. The molecule has 160 valence electrons. The van der Waals surface area contributed by atoms with Gasteiger partial charge in [0.25, 0.3) is 0 Å². The van der Waals surface area contributed by atoms with E-state index in [0.717, 1.165) is 22.4 Å². The van der Waals surface area contributed by atoms with Crippen LogP contribution >= 0.6 is 0 Å². The molecular formula is C26H27NO4. The van der Waals surface area contributed by atoms with Gasteiger partial charge in [0.1, 0.15) is 11.9 Å². The Morgan fingerprint density at radius 3 is 2.13 bits per heavy atom. The molecule has 31 heavy (non-hydrogen) atoms. The van der Waals surface area contributed by atoms with Gasteiger partial charge in [-0.3, -0.25) is 4.79 Å². The summed E-state index contributed by atoms with van der Waals surface area (Å²) in [5.74, 6) is 0.632. The first-order valence-electron chi connectivity index (χ1n) is 10.4. The molecule has 0 aromatic heterocycles. The lowest BCUT2D eigenvalue weighted by Gasteiger charge is -2.37. The van der Waals surface area contributed by atoms with Crippen molar-refractivity contribution < 1.29 is 19.4 Å². The largest absolute Gasteiger partial charge is 0.497 e. The van der Waals surface area contributed by atoms with Crippen molar-refractivity contribution in [2.75, 3.05) is 7.11 Å². The Balaban J connectivity index is 1.58.